The molecule has 0 amide bonds. The first-order valence-electron chi connectivity index (χ1n) is 7.24. The van der Waals surface area contributed by atoms with Crippen LogP contribution in [0.4, 0.5) is 0 Å². The number of rotatable bonds is 4. The SMILES string of the molecule is CCC1(C)CCN(C(CN)C2CCCO2)CC1. The second kappa shape index (κ2) is 5.68. The molecule has 0 aromatic carbocycles. The normalized spacial score (nSPS) is 31.6. The molecular weight excluding hydrogens is 212 g/mol. The molecule has 0 aromatic rings. The van der Waals surface area contributed by atoms with Crippen molar-refractivity contribution in [2.45, 2.75) is 58.1 Å². The summed E-state index contributed by atoms with van der Waals surface area (Å²) in [5.41, 5.74) is 6.52. The summed E-state index contributed by atoms with van der Waals surface area (Å²) < 4.78 is 5.82. The van der Waals surface area contributed by atoms with Crippen molar-refractivity contribution in [3.05, 3.63) is 0 Å². The molecule has 0 radical (unpaired) electrons. The van der Waals surface area contributed by atoms with E-state index in [4.69, 9.17) is 10.5 Å². The zero-order valence-electron chi connectivity index (χ0n) is 11.5. The lowest BCUT2D eigenvalue weighted by molar-refractivity contribution is -0.0000319. The average molecular weight is 240 g/mol. The molecule has 100 valence electrons. The Morgan fingerprint density at radius 2 is 2.12 bits per heavy atom. The van der Waals surface area contributed by atoms with E-state index in [-0.39, 0.29) is 0 Å². The topological polar surface area (TPSA) is 38.5 Å². The van der Waals surface area contributed by atoms with Gasteiger partial charge in [-0.1, -0.05) is 20.3 Å². The van der Waals surface area contributed by atoms with Gasteiger partial charge in [-0.3, -0.25) is 4.90 Å². The Hall–Kier alpha value is -0.120. The van der Waals surface area contributed by atoms with Crippen molar-refractivity contribution in [1.82, 2.24) is 4.90 Å². The molecule has 2 fully saturated rings. The number of hydrogen-bond acceptors (Lipinski definition) is 3. The van der Waals surface area contributed by atoms with Gasteiger partial charge in [0.15, 0.2) is 0 Å². The summed E-state index contributed by atoms with van der Waals surface area (Å²) in [6.07, 6.45) is 6.73. The van der Waals surface area contributed by atoms with Crippen LogP contribution in [-0.2, 0) is 4.74 Å². The van der Waals surface area contributed by atoms with E-state index in [0.29, 0.717) is 17.6 Å². The van der Waals surface area contributed by atoms with Crippen LogP contribution in [-0.4, -0.2) is 43.3 Å². The van der Waals surface area contributed by atoms with E-state index < -0.39 is 0 Å². The average Bonchev–Trinajstić information content (AvgIpc) is 2.87. The molecule has 2 heterocycles. The highest BCUT2D eigenvalue weighted by Crippen LogP contribution is 2.35. The monoisotopic (exact) mass is 240 g/mol. The Bertz CT molecular complexity index is 230. The summed E-state index contributed by atoms with van der Waals surface area (Å²) in [5.74, 6) is 0. The molecule has 0 bridgehead atoms. The fraction of sp³-hybridized carbons (Fsp3) is 1.00. The van der Waals surface area contributed by atoms with Crippen molar-refractivity contribution < 1.29 is 4.74 Å². The third kappa shape index (κ3) is 3.01. The van der Waals surface area contributed by atoms with E-state index in [1.807, 2.05) is 0 Å². The second-order valence-corrected chi connectivity index (χ2v) is 6.05. The van der Waals surface area contributed by atoms with Gasteiger partial charge in [-0.2, -0.15) is 0 Å². The molecule has 2 aliphatic rings. The molecule has 0 spiro atoms. The molecular formula is C14H28N2O. The van der Waals surface area contributed by atoms with Crippen molar-refractivity contribution in [2.75, 3.05) is 26.2 Å². The van der Waals surface area contributed by atoms with Crippen molar-refractivity contribution in [3.63, 3.8) is 0 Å². The standard InChI is InChI=1S/C14H28N2O/c1-3-14(2)6-8-16(9-7-14)12(11-15)13-5-4-10-17-13/h12-13H,3-11,15H2,1-2H3. The van der Waals surface area contributed by atoms with Crippen LogP contribution in [0.25, 0.3) is 0 Å². The lowest BCUT2D eigenvalue weighted by Gasteiger charge is -2.43. The number of ether oxygens (including phenoxy) is 1. The van der Waals surface area contributed by atoms with Gasteiger partial charge in [-0.05, 0) is 44.2 Å². The maximum atomic E-state index is 5.96. The summed E-state index contributed by atoms with van der Waals surface area (Å²) in [5, 5.41) is 0. The molecule has 2 aliphatic heterocycles. The first-order chi connectivity index (χ1) is 8.18. The molecule has 2 saturated heterocycles. The van der Waals surface area contributed by atoms with Gasteiger partial charge in [-0.25, -0.2) is 0 Å². The second-order valence-electron chi connectivity index (χ2n) is 6.05. The third-order valence-corrected chi connectivity index (χ3v) is 4.96. The van der Waals surface area contributed by atoms with E-state index in [1.54, 1.807) is 0 Å². The summed E-state index contributed by atoms with van der Waals surface area (Å²) >= 11 is 0. The largest absolute Gasteiger partial charge is 0.377 e. The number of piperidine rings is 1. The summed E-state index contributed by atoms with van der Waals surface area (Å²) in [6, 6.07) is 0.457. The van der Waals surface area contributed by atoms with Crippen LogP contribution < -0.4 is 5.73 Å². The molecule has 0 saturated carbocycles. The molecule has 2 atom stereocenters. The third-order valence-electron chi connectivity index (χ3n) is 4.96. The molecule has 3 nitrogen and oxygen atoms in total. The van der Waals surface area contributed by atoms with Crippen LogP contribution in [0.1, 0.15) is 46.0 Å². The number of likely N-dealkylation sites (tertiary alicyclic amines) is 1. The van der Waals surface area contributed by atoms with Crippen LogP contribution in [0.2, 0.25) is 0 Å². The van der Waals surface area contributed by atoms with Gasteiger partial charge in [0.25, 0.3) is 0 Å². The van der Waals surface area contributed by atoms with Gasteiger partial charge >= 0.3 is 0 Å². The van der Waals surface area contributed by atoms with E-state index in [2.05, 4.69) is 18.7 Å². The fourth-order valence-electron chi connectivity index (χ4n) is 3.19. The first-order valence-corrected chi connectivity index (χ1v) is 7.24. The highest BCUT2D eigenvalue weighted by atomic mass is 16.5. The Morgan fingerprint density at radius 1 is 1.41 bits per heavy atom. The minimum atomic E-state index is 0.394. The van der Waals surface area contributed by atoms with Gasteiger partial charge < -0.3 is 10.5 Å². The van der Waals surface area contributed by atoms with Crippen molar-refractivity contribution in [3.8, 4) is 0 Å². The smallest absolute Gasteiger partial charge is 0.0743 e. The Labute approximate surface area is 106 Å². The molecule has 17 heavy (non-hydrogen) atoms. The van der Waals surface area contributed by atoms with Gasteiger partial charge in [0.1, 0.15) is 0 Å². The molecule has 2 unspecified atom stereocenters. The van der Waals surface area contributed by atoms with Gasteiger partial charge in [0.05, 0.1) is 6.10 Å². The van der Waals surface area contributed by atoms with Crippen molar-refractivity contribution >= 4 is 0 Å². The number of hydrogen-bond donors (Lipinski definition) is 1. The quantitative estimate of drug-likeness (QED) is 0.817. The van der Waals surface area contributed by atoms with E-state index in [1.165, 1.54) is 45.2 Å². The summed E-state index contributed by atoms with van der Waals surface area (Å²) in [4.78, 5) is 2.58. The van der Waals surface area contributed by atoms with Crippen LogP contribution >= 0.6 is 0 Å². The zero-order valence-corrected chi connectivity index (χ0v) is 11.5. The van der Waals surface area contributed by atoms with Crippen molar-refractivity contribution in [1.29, 1.82) is 0 Å². The minimum Gasteiger partial charge on any atom is -0.377 e. The lowest BCUT2D eigenvalue weighted by Crippen LogP contribution is -2.52. The van der Waals surface area contributed by atoms with Gasteiger partial charge in [0.2, 0.25) is 0 Å². The molecule has 3 heteroatoms. The summed E-state index contributed by atoms with van der Waals surface area (Å²) in [6.45, 7) is 8.82. The fourth-order valence-corrected chi connectivity index (χ4v) is 3.19. The minimum absolute atomic E-state index is 0.394. The summed E-state index contributed by atoms with van der Waals surface area (Å²) in [7, 11) is 0. The molecule has 2 rings (SSSR count). The highest BCUT2D eigenvalue weighted by Gasteiger charge is 2.35. The van der Waals surface area contributed by atoms with Gasteiger partial charge in [-0.15, -0.1) is 0 Å². The van der Waals surface area contributed by atoms with Crippen LogP contribution in [0.5, 0.6) is 0 Å². The van der Waals surface area contributed by atoms with E-state index in [9.17, 15) is 0 Å². The van der Waals surface area contributed by atoms with Crippen LogP contribution in [0, 0.1) is 5.41 Å². The Kier molecular flexibility index (Phi) is 4.45. The maximum Gasteiger partial charge on any atom is 0.0743 e. The predicted octanol–water partition coefficient (Wildman–Crippen LogP) is 2.00. The highest BCUT2D eigenvalue weighted by molar-refractivity contribution is 4.89. The van der Waals surface area contributed by atoms with E-state index >= 15 is 0 Å². The predicted molar refractivity (Wildman–Crippen MR) is 71.0 cm³/mol. The molecule has 0 aromatic heterocycles. The zero-order chi connectivity index (χ0) is 12.3. The van der Waals surface area contributed by atoms with Crippen LogP contribution in [0.3, 0.4) is 0 Å². The number of nitrogens with zero attached hydrogens (tertiary/aromatic N) is 1. The maximum absolute atomic E-state index is 5.96. The lowest BCUT2D eigenvalue weighted by atomic mass is 9.78. The first kappa shape index (κ1) is 13.3. The van der Waals surface area contributed by atoms with Crippen LogP contribution in [0.15, 0.2) is 0 Å². The Morgan fingerprint density at radius 3 is 2.59 bits per heavy atom. The van der Waals surface area contributed by atoms with Crippen molar-refractivity contribution in [2.24, 2.45) is 11.1 Å². The number of nitrogens with two attached hydrogens (primary N) is 1. The Balaban J connectivity index is 1.89. The van der Waals surface area contributed by atoms with E-state index in [0.717, 1.165) is 13.2 Å². The van der Waals surface area contributed by atoms with Gasteiger partial charge in [0, 0.05) is 19.2 Å². The molecule has 2 N–H and O–H groups in total. The molecule has 0 aliphatic carbocycles.